The lowest BCUT2D eigenvalue weighted by Gasteiger charge is -2.26. The van der Waals surface area contributed by atoms with Crippen molar-refractivity contribution in [2.45, 2.75) is 45.6 Å². The molecule has 0 aliphatic carbocycles. The summed E-state index contributed by atoms with van der Waals surface area (Å²) in [5.74, 6) is 0.183. The summed E-state index contributed by atoms with van der Waals surface area (Å²) in [4.78, 5) is 0. The van der Waals surface area contributed by atoms with Crippen LogP contribution in [-0.2, 0) is 16.4 Å². The molecule has 0 aromatic heterocycles. The molecule has 106 valence electrons. The quantitative estimate of drug-likeness (QED) is 0.873. The molecule has 1 aliphatic heterocycles. The van der Waals surface area contributed by atoms with E-state index >= 15 is 0 Å². The fourth-order valence-electron chi connectivity index (χ4n) is 2.31. The predicted molar refractivity (Wildman–Crippen MR) is 80.2 cm³/mol. The van der Waals surface area contributed by atoms with Crippen LogP contribution in [0.25, 0.3) is 0 Å². The van der Waals surface area contributed by atoms with Crippen molar-refractivity contribution < 1.29 is 8.42 Å². The first-order chi connectivity index (χ1) is 9.02. The Balaban J connectivity index is 2.22. The van der Waals surface area contributed by atoms with Gasteiger partial charge in [-0.15, -0.1) is 0 Å². The van der Waals surface area contributed by atoms with Crippen molar-refractivity contribution in [3.63, 3.8) is 0 Å². The molecule has 19 heavy (non-hydrogen) atoms. The summed E-state index contributed by atoms with van der Waals surface area (Å²) in [5.41, 5.74) is 2.82. The maximum absolute atomic E-state index is 12.0. The molecule has 0 spiro atoms. The van der Waals surface area contributed by atoms with Gasteiger partial charge in [0.15, 0.2) is 0 Å². The van der Waals surface area contributed by atoms with Crippen molar-refractivity contribution in [3.05, 3.63) is 23.8 Å². The molecule has 0 bridgehead atoms. The molecule has 0 radical (unpaired) electrons. The Morgan fingerprint density at radius 2 is 2.21 bits per heavy atom. The Morgan fingerprint density at radius 1 is 1.42 bits per heavy atom. The third-order valence-electron chi connectivity index (χ3n) is 3.42. The van der Waals surface area contributed by atoms with Gasteiger partial charge in [-0.1, -0.05) is 25.5 Å². The molecule has 0 saturated carbocycles. The second-order valence-corrected chi connectivity index (χ2v) is 7.04. The molecular weight excluding hydrogens is 260 g/mol. The lowest BCUT2D eigenvalue weighted by Crippen LogP contribution is -2.24. The van der Waals surface area contributed by atoms with Gasteiger partial charge in [0.1, 0.15) is 0 Å². The van der Waals surface area contributed by atoms with Crippen molar-refractivity contribution in [1.82, 2.24) is 0 Å². The molecule has 1 unspecified atom stereocenters. The van der Waals surface area contributed by atoms with Gasteiger partial charge < -0.3 is 5.32 Å². The molecule has 0 amide bonds. The largest absolute Gasteiger partial charge is 0.381 e. The Hall–Kier alpha value is -1.23. The number of hydrogen-bond acceptors (Lipinski definition) is 3. The van der Waals surface area contributed by atoms with E-state index in [-0.39, 0.29) is 5.75 Å². The van der Waals surface area contributed by atoms with Crippen LogP contribution in [0.1, 0.15) is 38.7 Å². The Kier molecular flexibility index (Phi) is 4.34. The minimum absolute atomic E-state index is 0.183. The van der Waals surface area contributed by atoms with E-state index < -0.39 is 10.0 Å². The van der Waals surface area contributed by atoms with Gasteiger partial charge in [0.25, 0.3) is 0 Å². The first-order valence-corrected chi connectivity index (χ1v) is 8.56. The number of unbranched alkanes of at least 4 members (excludes halogenated alkanes) is 1. The van der Waals surface area contributed by atoms with Crippen LogP contribution < -0.4 is 10.0 Å². The van der Waals surface area contributed by atoms with Crippen LogP contribution in [0.2, 0.25) is 0 Å². The molecular formula is C14H22N2O2S. The van der Waals surface area contributed by atoms with Gasteiger partial charge in [0.05, 0.1) is 17.1 Å². The highest BCUT2D eigenvalue weighted by molar-refractivity contribution is 7.92. The molecule has 1 aliphatic rings. The molecule has 2 rings (SSSR count). The summed E-state index contributed by atoms with van der Waals surface area (Å²) in [7, 11) is -3.24. The van der Waals surface area contributed by atoms with Crippen molar-refractivity contribution in [1.29, 1.82) is 0 Å². The van der Waals surface area contributed by atoms with E-state index in [1.54, 1.807) is 0 Å². The van der Waals surface area contributed by atoms with E-state index in [2.05, 4.69) is 23.0 Å². The number of fused-ring (bicyclic) bond motifs is 1. The zero-order chi connectivity index (χ0) is 13.9. The Morgan fingerprint density at radius 3 is 2.95 bits per heavy atom. The van der Waals surface area contributed by atoms with Crippen LogP contribution in [0, 0.1) is 0 Å². The fraction of sp³-hybridized carbons (Fsp3) is 0.571. The number of nitrogens with one attached hydrogen (secondary N) is 2. The molecule has 5 heteroatoms. The summed E-state index contributed by atoms with van der Waals surface area (Å²) in [6, 6.07) is 6.17. The molecule has 4 nitrogen and oxygen atoms in total. The molecule has 1 heterocycles. The van der Waals surface area contributed by atoms with Gasteiger partial charge in [-0.2, -0.15) is 0 Å². The summed E-state index contributed by atoms with van der Waals surface area (Å²) in [6.45, 7) is 4.11. The maximum Gasteiger partial charge on any atom is 0.232 e. The molecule has 2 N–H and O–H groups in total. The van der Waals surface area contributed by atoms with Crippen LogP contribution in [0.4, 0.5) is 11.4 Å². The summed E-state index contributed by atoms with van der Waals surface area (Å²) < 4.78 is 26.7. The number of aryl methyl sites for hydroxylation is 1. The van der Waals surface area contributed by atoms with Gasteiger partial charge in [-0.25, -0.2) is 8.42 Å². The zero-order valence-corrected chi connectivity index (χ0v) is 12.4. The maximum atomic E-state index is 12.0. The normalized spacial score (nSPS) is 18.5. The van der Waals surface area contributed by atoms with Crippen LogP contribution in [-0.4, -0.2) is 20.2 Å². The lowest BCUT2D eigenvalue weighted by molar-refractivity contribution is 0.597. The van der Waals surface area contributed by atoms with Crippen molar-refractivity contribution in [2.75, 3.05) is 15.8 Å². The lowest BCUT2D eigenvalue weighted by atomic mass is 9.98. The molecule has 0 fully saturated rings. The van der Waals surface area contributed by atoms with Gasteiger partial charge in [-0.05, 0) is 37.8 Å². The monoisotopic (exact) mass is 282 g/mol. The average Bonchev–Trinajstić information content (AvgIpc) is 2.37. The van der Waals surface area contributed by atoms with Gasteiger partial charge >= 0.3 is 0 Å². The van der Waals surface area contributed by atoms with E-state index in [1.165, 1.54) is 5.56 Å². The number of para-hydroxylation sites is 1. The third kappa shape index (κ3) is 3.62. The van der Waals surface area contributed by atoms with E-state index in [9.17, 15) is 8.42 Å². The smallest absolute Gasteiger partial charge is 0.232 e. The highest BCUT2D eigenvalue weighted by Crippen LogP contribution is 2.32. The summed E-state index contributed by atoms with van der Waals surface area (Å²) in [5, 5.41) is 3.38. The van der Waals surface area contributed by atoms with Gasteiger partial charge in [-0.3, -0.25) is 4.72 Å². The molecule has 0 saturated heterocycles. The van der Waals surface area contributed by atoms with Crippen molar-refractivity contribution in [2.24, 2.45) is 0 Å². The molecule has 1 atom stereocenters. The summed E-state index contributed by atoms with van der Waals surface area (Å²) >= 11 is 0. The Labute approximate surface area is 115 Å². The second-order valence-electron chi connectivity index (χ2n) is 5.20. The van der Waals surface area contributed by atoms with Crippen molar-refractivity contribution >= 4 is 21.4 Å². The minimum Gasteiger partial charge on any atom is -0.381 e. The highest BCUT2D eigenvalue weighted by Gasteiger charge is 2.19. The average molecular weight is 282 g/mol. The van der Waals surface area contributed by atoms with Crippen LogP contribution >= 0.6 is 0 Å². The van der Waals surface area contributed by atoms with E-state index in [0.29, 0.717) is 18.2 Å². The van der Waals surface area contributed by atoms with Gasteiger partial charge in [0.2, 0.25) is 10.0 Å². The summed E-state index contributed by atoms with van der Waals surface area (Å²) in [6.07, 6.45) is 3.64. The number of benzene rings is 1. The van der Waals surface area contributed by atoms with Crippen molar-refractivity contribution in [3.8, 4) is 0 Å². The Bertz CT molecular complexity index is 540. The van der Waals surface area contributed by atoms with Crippen LogP contribution in [0.15, 0.2) is 18.2 Å². The van der Waals surface area contributed by atoms with Crippen LogP contribution in [0.3, 0.4) is 0 Å². The topological polar surface area (TPSA) is 58.2 Å². The predicted octanol–water partition coefficient (Wildman–Crippen LogP) is 2.98. The first-order valence-electron chi connectivity index (χ1n) is 6.91. The van der Waals surface area contributed by atoms with E-state index in [4.69, 9.17) is 0 Å². The second kappa shape index (κ2) is 5.82. The number of anilines is 2. The number of sulfonamides is 1. The fourth-order valence-corrected chi connectivity index (χ4v) is 3.58. The minimum atomic E-state index is -3.24. The van der Waals surface area contributed by atoms with E-state index in [0.717, 1.165) is 24.9 Å². The van der Waals surface area contributed by atoms with Gasteiger partial charge in [0, 0.05) is 6.04 Å². The third-order valence-corrected chi connectivity index (χ3v) is 4.78. The molecule has 1 aromatic rings. The first kappa shape index (κ1) is 14.2. The number of rotatable bonds is 5. The van der Waals surface area contributed by atoms with Crippen LogP contribution in [0.5, 0.6) is 0 Å². The molecule has 1 aromatic carbocycles. The SMILES string of the molecule is CCCCS(=O)(=O)Nc1cccc2c1NC(C)CC2. The number of hydrogen-bond donors (Lipinski definition) is 2. The zero-order valence-electron chi connectivity index (χ0n) is 11.6. The van der Waals surface area contributed by atoms with E-state index in [1.807, 2.05) is 19.1 Å². The highest BCUT2D eigenvalue weighted by atomic mass is 32.2. The standard InChI is InChI=1S/C14H22N2O2S/c1-3-4-10-19(17,18)16-13-7-5-6-12-9-8-11(2)15-14(12)13/h5-7,11,15-16H,3-4,8-10H2,1-2H3.